The monoisotopic (exact) mass is 455 g/mol. The van der Waals surface area contributed by atoms with Crippen LogP contribution in [0.2, 0.25) is 0 Å². The Bertz CT molecular complexity index is 966. The zero-order valence-corrected chi connectivity index (χ0v) is 19.2. The van der Waals surface area contributed by atoms with Crippen LogP contribution in [-0.2, 0) is 16.0 Å². The van der Waals surface area contributed by atoms with Crippen LogP contribution in [0.25, 0.3) is 0 Å². The molecule has 2 N–H and O–H groups in total. The summed E-state index contributed by atoms with van der Waals surface area (Å²) >= 11 is 1.92. The first-order valence-electron chi connectivity index (χ1n) is 10.6. The lowest BCUT2D eigenvalue weighted by Gasteiger charge is -2.35. The van der Waals surface area contributed by atoms with Gasteiger partial charge in [-0.25, -0.2) is 9.59 Å². The summed E-state index contributed by atoms with van der Waals surface area (Å²) in [6, 6.07) is 15.6. The number of benzene rings is 2. The zero-order chi connectivity index (χ0) is 23.1. The molecule has 2 heterocycles. The lowest BCUT2D eigenvalue weighted by molar-refractivity contribution is -0.134. The molecule has 170 valence electrons. The van der Waals surface area contributed by atoms with Gasteiger partial charge in [0.2, 0.25) is 0 Å². The van der Waals surface area contributed by atoms with E-state index < -0.39 is 11.9 Å². The van der Waals surface area contributed by atoms with Gasteiger partial charge in [-0.15, -0.1) is 0 Å². The molecule has 1 saturated heterocycles. The van der Waals surface area contributed by atoms with Crippen LogP contribution >= 0.6 is 11.8 Å². The van der Waals surface area contributed by atoms with Crippen molar-refractivity contribution in [3.05, 3.63) is 65.7 Å². The Morgan fingerprint density at radius 3 is 2.31 bits per heavy atom. The van der Waals surface area contributed by atoms with Crippen molar-refractivity contribution in [3.63, 3.8) is 0 Å². The van der Waals surface area contributed by atoms with E-state index in [1.807, 2.05) is 11.8 Å². The van der Waals surface area contributed by atoms with E-state index in [-0.39, 0.29) is 0 Å². The Morgan fingerprint density at radius 1 is 1.03 bits per heavy atom. The number of ether oxygens (including phenoxy) is 1. The van der Waals surface area contributed by atoms with Crippen LogP contribution in [0.15, 0.2) is 64.4 Å². The van der Waals surface area contributed by atoms with E-state index in [0.29, 0.717) is 18.1 Å². The van der Waals surface area contributed by atoms with E-state index in [0.717, 1.165) is 18.1 Å². The summed E-state index contributed by atoms with van der Waals surface area (Å²) in [6.45, 7) is 2.44. The highest BCUT2D eigenvalue weighted by Crippen LogP contribution is 2.47. The third kappa shape index (κ3) is 6.37. The molecule has 0 radical (unpaired) electrons. The molecular formula is C25H29NO5S. The van der Waals surface area contributed by atoms with Crippen LogP contribution in [0.1, 0.15) is 29.9 Å². The van der Waals surface area contributed by atoms with Crippen molar-refractivity contribution in [2.45, 2.75) is 35.0 Å². The molecular weight excluding hydrogens is 426 g/mol. The number of likely N-dealkylation sites (tertiary alicyclic amines) is 1. The van der Waals surface area contributed by atoms with Gasteiger partial charge in [-0.05, 0) is 86.6 Å². The predicted molar refractivity (Wildman–Crippen MR) is 125 cm³/mol. The molecule has 0 aliphatic carbocycles. The van der Waals surface area contributed by atoms with E-state index >= 15 is 0 Å². The molecule has 2 aromatic carbocycles. The van der Waals surface area contributed by atoms with Crippen molar-refractivity contribution in [1.82, 2.24) is 4.90 Å². The van der Waals surface area contributed by atoms with Gasteiger partial charge in [-0.1, -0.05) is 30.0 Å². The quantitative estimate of drug-likeness (QED) is 0.655. The number of methoxy groups -OCH3 is 1. The number of nitrogens with zero attached hydrogens (tertiary/aromatic N) is 1. The number of hydrogen-bond acceptors (Lipinski definition) is 5. The smallest absolute Gasteiger partial charge is 0.328 e. The van der Waals surface area contributed by atoms with Crippen molar-refractivity contribution in [2.24, 2.45) is 5.92 Å². The number of carboxylic acids is 2. The molecule has 0 spiro atoms. The lowest BCUT2D eigenvalue weighted by atomic mass is 9.77. The van der Waals surface area contributed by atoms with Crippen LogP contribution in [0.5, 0.6) is 5.75 Å². The molecule has 1 unspecified atom stereocenters. The summed E-state index contributed by atoms with van der Waals surface area (Å²) in [4.78, 5) is 24.4. The highest BCUT2D eigenvalue weighted by atomic mass is 32.2. The summed E-state index contributed by atoms with van der Waals surface area (Å²) < 4.78 is 5.53. The lowest BCUT2D eigenvalue weighted by Crippen LogP contribution is -2.33. The van der Waals surface area contributed by atoms with Gasteiger partial charge in [0.15, 0.2) is 0 Å². The first kappa shape index (κ1) is 23.9. The largest absolute Gasteiger partial charge is 0.497 e. The van der Waals surface area contributed by atoms with Gasteiger partial charge in [0.1, 0.15) is 5.75 Å². The number of piperidine rings is 1. The summed E-state index contributed by atoms with van der Waals surface area (Å²) in [7, 11) is 4.01. The van der Waals surface area contributed by atoms with E-state index in [2.05, 4.69) is 54.4 Å². The molecule has 32 heavy (non-hydrogen) atoms. The van der Waals surface area contributed by atoms with Crippen molar-refractivity contribution in [2.75, 3.05) is 27.2 Å². The number of fused-ring (bicyclic) bond motifs is 2. The topological polar surface area (TPSA) is 87.1 Å². The second kappa shape index (κ2) is 11.2. The Labute approximate surface area is 192 Å². The second-order valence-corrected chi connectivity index (χ2v) is 9.16. The normalized spacial score (nSPS) is 18.6. The maximum Gasteiger partial charge on any atom is 0.328 e. The van der Waals surface area contributed by atoms with E-state index in [1.165, 1.54) is 46.8 Å². The average Bonchev–Trinajstić information content (AvgIpc) is 2.95. The van der Waals surface area contributed by atoms with Gasteiger partial charge in [0, 0.05) is 21.9 Å². The van der Waals surface area contributed by atoms with Crippen LogP contribution in [0, 0.1) is 5.92 Å². The third-order valence-electron chi connectivity index (χ3n) is 5.95. The molecule has 7 heteroatoms. The van der Waals surface area contributed by atoms with E-state index in [9.17, 15) is 9.59 Å². The molecule has 0 aromatic heterocycles. The van der Waals surface area contributed by atoms with Crippen LogP contribution in [0.4, 0.5) is 0 Å². The van der Waals surface area contributed by atoms with Crippen LogP contribution < -0.4 is 4.74 Å². The fourth-order valence-corrected chi connectivity index (χ4v) is 5.40. The number of carbonyl (C=O) groups is 2. The third-order valence-corrected chi connectivity index (χ3v) is 7.16. The van der Waals surface area contributed by atoms with Gasteiger partial charge < -0.3 is 19.8 Å². The molecule has 0 bridgehead atoms. The summed E-state index contributed by atoms with van der Waals surface area (Å²) in [5.41, 5.74) is 2.99. The number of hydrogen-bond donors (Lipinski definition) is 2. The Kier molecular flexibility index (Phi) is 8.36. The Hall–Kier alpha value is -2.77. The molecule has 6 nitrogen and oxygen atoms in total. The fourth-order valence-electron chi connectivity index (χ4n) is 4.27. The summed E-state index contributed by atoms with van der Waals surface area (Å²) in [5.74, 6) is -0.170. The van der Waals surface area contributed by atoms with Gasteiger partial charge in [0.25, 0.3) is 0 Å². The van der Waals surface area contributed by atoms with Crippen LogP contribution in [0.3, 0.4) is 0 Å². The molecule has 1 fully saturated rings. The standard InChI is InChI=1S/C21H25NOS.C4H4O4/c1-22-11-9-15(10-12-22)18-13-16-5-3-4-6-20(16)24-21-8-7-17(23-2)14-19(18)21;5-3(6)1-2-4(7)8/h3-8,14-15,18H,9-13H2,1-2H3;1-2H,(H,5,6)(H,7,8). The molecule has 2 aliphatic rings. The summed E-state index contributed by atoms with van der Waals surface area (Å²) in [6.07, 6.45) is 4.86. The van der Waals surface area contributed by atoms with Gasteiger partial charge in [0.05, 0.1) is 7.11 Å². The number of aliphatic carboxylic acids is 2. The number of rotatable bonds is 4. The van der Waals surface area contributed by atoms with Crippen molar-refractivity contribution in [1.29, 1.82) is 0 Å². The molecule has 0 amide bonds. The van der Waals surface area contributed by atoms with E-state index in [4.69, 9.17) is 14.9 Å². The van der Waals surface area contributed by atoms with E-state index in [1.54, 1.807) is 7.11 Å². The molecule has 0 saturated carbocycles. The van der Waals surface area contributed by atoms with Gasteiger partial charge >= 0.3 is 11.9 Å². The minimum Gasteiger partial charge on any atom is -0.497 e. The SMILES string of the molecule is COc1ccc2c(c1)C(C1CCN(C)CC1)Cc1ccccc1S2.O=C(O)C=CC(=O)O. The molecule has 1 atom stereocenters. The Balaban J connectivity index is 0.000000312. The van der Waals surface area contributed by atoms with Crippen molar-refractivity contribution < 1.29 is 24.5 Å². The highest BCUT2D eigenvalue weighted by molar-refractivity contribution is 7.99. The maximum atomic E-state index is 9.55. The molecule has 2 aromatic rings. The first-order chi connectivity index (χ1) is 15.4. The summed E-state index contributed by atoms with van der Waals surface area (Å²) in [5, 5.41) is 15.6. The minimum atomic E-state index is -1.26. The van der Waals surface area contributed by atoms with Crippen LogP contribution in [-0.4, -0.2) is 54.3 Å². The maximum absolute atomic E-state index is 9.55. The minimum absolute atomic E-state index is 0.558. The van der Waals surface area contributed by atoms with Crippen molar-refractivity contribution in [3.8, 4) is 5.75 Å². The molecule has 2 aliphatic heterocycles. The first-order valence-corrected chi connectivity index (χ1v) is 11.4. The number of carboxylic acid groups (broad SMARTS) is 2. The zero-order valence-electron chi connectivity index (χ0n) is 18.4. The van der Waals surface area contributed by atoms with Crippen molar-refractivity contribution >= 4 is 23.7 Å². The fraction of sp³-hybridized carbons (Fsp3) is 0.360. The Morgan fingerprint density at radius 2 is 1.69 bits per heavy atom. The predicted octanol–water partition coefficient (Wildman–Crippen LogP) is 4.54. The highest BCUT2D eigenvalue weighted by Gasteiger charge is 2.31. The molecule has 4 rings (SSSR count). The second-order valence-electron chi connectivity index (χ2n) is 8.07. The van der Waals surface area contributed by atoms with Gasteiger partial charge in [-0.3, -0.25) is 0 Å². The van der Waals surface area contributed by atoms with Gasteiger partial charge in [-0.2, -0.15) is 0 Å². The average molecular weight is 456 g/mol.